The van der Waals surface area contributed by atoms with Gasteiger partial charge in [-0.3, -0.25) is 28.0 Å². The summed E-state index contributed by atoms with van der Waals surface area (Å²) in [6.45, 7) is -1.03. The van der Waals surface area contributed by atoms with Crippen molar-refractivity contribution in [1.29, 1.82) is 0 Å². The third-order valence-corrected chi connectivity index (χ3v) is 8.08. The maximum atomic E-state index is 12.1. The van der Waals surface area contributed by atoms with E-state index in [1.54, 1.807) is 0 Å². The minimum absolute atomic E-state index is 0.224. The van der Waals surface area contributed by atoms with E-state index in [9.17, 15) is 54.0 Å². The van der Waals surface area contributed by atoms with Crippen LogP contribution in [0, 0.1) is 0 Å². The highest BCUT2D eigenvalue weighted by molar-refractivity contribution is 7.80. The molecule has 206 valence electrons. The minimum Gasteiger partial charge on any atom is -0.756 e. The largest absolute Gasteiger partial charge is 0.756 e. The van der Waals surface area contributed by atoms with Gasteiger partial charge in [0.05, 0.1) is 12.7 Å². The van der Waals surface area contributed by atoms with Crippen LogP contribution in [-0.4, -0.2) is 101 Å². The molecule has 2 saturated heterocycles. The molecule has 2 aliphatic heterocycles. The van der Waals surface area contributed by atoms with Gasteiger partial charge >= 0.3 is 13.5 Å². The molecule has 0 aliphatic carbocycles. The zero-order chi connectivity index (χ0) is 27.0. The third kappa shape index (κ3) is 6.71. The fourth-order valence-corrected chi connectivity index (χ4v) is 5.76. The molecule has 2 fully saturated rings. The highest BCUT2D eigenvalue weighted by Gasteiger charge is 2.47. The van der Waals surface area contributed by atoms with E-state index in [0.717, 1.165) is 16.8 Å². The molecule has 1 aromatic rings. The Labute approximate surface area is 206 Å². The molecule has 3 rings (SSSR count). The van der Waals surface area contributed by atoms with Crippen molar-refractivity contribution in [2.24, 2.45) is 0 Å². The van der Waals surface area contributed by atoms with E-state index < -0.39 is 88.7 Å². The van der Waals surface area contributed by atoms with Gasteiger partial charge in [-0.15, -0.1) is 0 Å². The van der Waals surface area contributed by atoms with Crippen LogP contribution in [0.5, 0.6) is 0 Å². The highest BCUT2D eigenvalue weighted by Crippen LogP contribution is 2.59. The second-order valence-corrected chi connectivity index (χ2v) is 11.0. The van der Waals surface area contributed by atoms with Gasteiger partial charge in [-0.25, -0.2) is 13.7 Å². The molecule has 0 spiro atoms. The Bertz CT molecular complexity index is 1130. The third-order valence-electron chi connectivity index (χ3n) is 5.15. The second-order valence-electron chi connectivity index (χ2n) is 7.66. The Kier molecular flexibility index (Phi) is 9.36. The maximum absolute atomic E-state index is 12.1. The summed E-state index contributed by atoms with van der Waals surface area (Å²) in [6.07, 6.45) is -14.8. The first-order valence-corrected chi connectivity index (χ1v) is 13.6. The van der Waals surface area contributed by atoms with Crippen LogP contribution in [0.4, 0.5) is 0 Å². The smallest absolute Gasteiger partial charge is 0.478 e. The van der Waals surface area contributed by atoms with Crippen molar-refractivity contribution in [2.45, 2.75) is 55.2 Å². The Morgan fingerprint density at radius 1 is 1.03 bits per heavy atom. The topological polar surface area (TPSA) is 280 Å². The van der Waals surface area contributed by atoms with Gasteiger partial charge in [0.25, 0.3) is 13.4 Å². The van der Waals surface area contributed by atoms with Gasteiger partial charge in [0.1, 0.15) is 36.6 Å². The normalized spacial score (nSPS) is 38.4. The summed E-state index contributed by atoms with van der Waals surface area (Å²) in [5, 5.41) is 49.6. The van der Waals surface area contributed by atoms with Gasteiger partial charge in [0, 0.05) is 18.0 Å². The zero-order valence-corrected chi connectivity index (χ0v) is 20.5. The molecule has 0 amide bonds. The van der Waals surface area contributed by atoms with Crippen molar-refractivity contribution >= 4 is 28.3 Å². The molecule has 0 radical (unpaired) electrons. The molecule has 3 heterocycles. The number of phosphoric ester groups is 2. The number of phosphoric acid groups is 2. The van der Waals surface area contributed by atoms with Gasteiger partial charge in [-0.2, -0.15) is 12.6 Å². The molecule has 11 atom stereocenters. The van der Waals surface area contributed by atoms with Gasteiger partial charge in [0.15, 0.2) is 12.5 Å². The first kappa shape index (κ1) is 29.6. The zero-order valence-electron chi connectivity index (χ0n) is 17.8. The number of ether oxygens (including phenoxy) is 2. The number of aliphatic hydroxyl groups excluding tert-OH is 5. The number of aromatic nitrogens is 2. The Balaban J connectivity index is 1.61. The number of rotatable bonds is 9. The van der Waals surface area contributed by atoms with Crippen LogP contribution in [0.1, 0.15) is 6.23 Å². The average Bonchev–Trinajstić information content (AvgIpc) is 3.06. The van der Waals surface area contributed by atoms with Crippen molar-refractivity contribution in [2.75, 3.05) is 12.4 Å². The summed E-state index contributed by atoms with van der Waals surface area (Å²) in [7, 11) is -11.3. The van der Waals surface area contributed by atoms with Crippen LogP contribution in [-0.2, 0) is 32.0 Å². The number of hydrogen-bond acceptors (Lipinski definition) is 16. The summed E-state index contributed by atoms with van der Waals surface area (Å²) in [6, 6.07) is 0.931. The number of aliphatic hydroxyl groups is 5. The summed E-state index contributed by atoms with van der Waals surface area (Å²) in [5.41, 5.74) is -1.74. The molecular weight excluding hydrogens is 558 g/mol. The lowest BCUT2D eigenvalue weighted by Gasteiger charge is -2.41. The number of hydrogen-bond donors (Lipinski definition) is 8. The lowest BCUT2D eigenvalue weighted by Crippen LogP contribution is -2.58. The highest BCUT2D eigenvalue weighted by atomic mass is 32.1. The van der Waals surface area contributed by atoms with E-state index in [1.807, 2.05) is 4.98 Å². The molecule has 2 aliphatic rings. The summed E-state index contributed by atoms with van der Waals surface area (Å²) in [5.74, 6) is -0.224. The average molecular weight is 581 g/mol. The monoisotopic (exact) mass is 581 g/mol. The first-order chi connectivity index (χ1) is 16.7. The molecule has 0 aromatic carbocycles. The standard InChI is InChI=1S/C15H24N2O16P2S/c18-7-1-2-17(15(24)16-7)13-11(22)8(19)5(30-13)3-29-34(25,26)33-35(27,28)32-14-12(23)10(21)9(20)6(4-36)31-14/h1-2,5-6,8-14,19-23,36H,3-4H2,(H,25,26)(H,27,28)(H,16,18,24)/p-1. The SMILES string of the molecule is O=c1ccn(C2OC(COP(=O)(O)OP(=O)([O-])OC3OC(CS)C(O)C(O)C3O)C(O)C2O)c(=O)[nH]1. The van der Waals surface area contributed by atoms with E-state index in [1.165, 1.54) is 0 Å². The summed E-state index contributed by atoms with van der Waals surface area (Å²) >= 11 is 3.84. The Hall–Kier alpha value is -0.990. The van der Waals surface area contributed by atoms with Crippen molar-refractivity contribution in [3.8, 4) is 0 Å². The van der Waals surface area contributed by atoms with E-state index in [0.29, 0.717) is 0 Å². The van der Waals surface area contributed by atoms with Gasteiger partial charge in [-0.05, 0) is 0 Å². The fourth-order valence-electron chi connectivity index (χ4n) is 3.34. The van der Waals surface area contributed by atoms with E-state index >= 15 is 0 Å². The van der Waals surface area contributed by atoms with Gasteiger partial charge < -0.3 is 44.8 Å². The molecule has 0 bridgehead atoms. The van der Waals surface area contributed by atoms with Crippen molar-refractivity contribution in [3.63, 3.8) is 0 Å². The fraction of sp³-hybridized carbons (Fsp3) is 0.733. The molecular formula is C15H23N2O16P2S-. The van der Waals surface area contributed by atoms with Crippen LogP contribution < -0.4 is 16.1 Å². The molecule has 7 N–H and O–H groups in total. The summed E-state index contributed by atoms with van der Waals surface area (Å²) in [4.78, 5) is 46.8. The van der Waals surface area contributed by atoms with E-state index in [2.05, 4.69) is 26.0 Å². The quantitative estimate of drug-likeness (QED) is 0.101. The first-order valence-electron chi connectivity index (χ1n) is 9.97. The molecule has 36 heavy (non-hydrogen) atoms. The molecule has 18 nitrogen and oxygen atoms in total. The lowest BCUT2D eigenvalue weighted by atomic mass is 10.0. The van der Waals surface area contributed by atoms with Crippen LogP contribution in [0.25, 0.3) is 0 Å². The number of nitrogens with one attached hydrogen (secondary N) is 1. The number of thiol groups is 1. The number of aromatic amines is 1. The van der Waals surface area contributed by atoms with Crippen LogP contribution >= 0.6 is 28.3 Å². The summed E-state index contributed by atoms with van der Waals surface area (Å²) < 4.78 is 48.0. The second kappa shape index (κ2) is 11.4. The van der Waals surface area contributed by atoms with E-state index in [-0.39, 0.29) is 5.75 Å². The van der Waals surface area contributed by atoms with Gasteiger partial charge in [0.2, 0.25) is 0 Å². The lowest BCUT2D eigenvalue weighted by molar-refractivity contribution is -0.295. The number of H-pyrrole nitrogens is 1. The van der Waals surface area contributed by atoms with Crippen molar-refractivity contribution in [3.05, 3.63) is 33.1 Å². The maximum Gasteiger partial charge on any atom is 0.478 e. The predicted octanol–water partition coefficient (Wildman–Crippen LogP) is -4.49. The predicted molar refractivity (Wildman–Crippen MR) is 113 cm³/mol. The Morgan fingerprint density at radius 2 is 1.67 bits per heavy atom. The van der Waals surface area contributed by atoms with Crippen LogP contribution in [0.3, 0.4) is 0 Å². The molecule has 1 aromatic heterocycles. The van der Waals surface area contributed by atoms with Gasteiger partial charge in [-0.1, -0.05) is 0 Å². The molecule has 11 unspecified atom stereocenters. The van der Waals surface area contributed by atoms with Crippen molar-refractivity contribution in [1.82, 2.24) is 9.55 Å². The minimum atomic E-state index is -5.79. The molecule has 21 heteroatoms. The molecule has 0 saturated carbocycles. The number of nitrogens with zero attached hydrogens (tertiary/aromatic N) is 1. The van der Waals surface area contributed by atoms with Crippen LogP contribution in [0.15, 0.2) is 21.9 Å². The van der Waals surface area contributed by atoms with Crippen LogP contribution in [0.2, 0.25) is 0 Å². The Morgan fingerprint density at radius 3 is 2.28 bits per heavy atom. The van der Waals surface area contributed by atoms with Crippen molar-refractivity contribution < 1.29 is 67.3 Å². The van der Waals surface area contributed by atoms with E-state index in [4.69, 9.17) is 9.47 Å².